The van der Waals surface area contributed by atoms with Gasteiger partial charge in [-0.1, -0.05) is 52.4 Å². The Hall–Kier alpha value is -0.900. The molecule has 134 valence electrons. The Labute approximate surface area is 141 Å². The molecule has 23 heavy (non-hydrogen) atoms. The van der Waals surface area contributed by atoms with E-state index in [0.29, 0.717) is 12.3 Å². The minimum atomic E-state index is -0.464. The number of Topliss-reactive ketones (excluding diaryl/α,β-unsaturated/α-hetero) is 1. The van der Waals surface area contributed by atoms with Crippen LogP contribution in [0.1, 0.15) is 90.9 Å². The molecule has 1 saturated carbocycles. The summed E-state index contributed by atoms with van der Waals surface area (Å²) in [7, 11) is 0. The number of carbonyl (C=O) groups excluding carboxylic acids is 2. The highest BCUT2D eigenvalue weighted by Gasteiger charge is 2.28. The third-order valence-electron chi connectivity index (χ3n) is 4.84. The van der Waals surface area contributed by atoms with Crippen LogP contribution in [0.5, 0.6) is 0 Å². The summed E-state index contributed by atoms with van der Waals surface area (Å²) in [6.45, 7) is 4.34. The average molecular weight is 325 g/mol. The van der Waals surface area contributed by atoms with Gasteiger partial charge in [-0.05, 0) is 31.6 Å². The molecular formula is C19H35NO3. The van der Waals surface area contributed by atoms with Crippen molar-refractivity contribution in [1.29, 1.82) is 0 Å². The summed E-state index contributed by atoms with van der Waals surface area (Å²) in [6, 6.07) is -0.183. The molecule has 1 aliphatic carbocycles. The molecule has 0 spiro atoms. The van der Waals surface area contributed by atoms with Crippen molar-refractivity contribution in [1.82, 2.24) is 5.32 Å². The molecule has 0 bridgehead atoms. The SMILES string of the molecule is CCCCCCCCCC(=O)CC(=O)N[C@H]1CC(C)CC[C@@H]1O. The van der Waals surface area contributed by atoms with Gasteiger partial charge in [0.2, 0.25) is 5.91 Å². The van der Waals surface area contributed by atoms with Crippen LogP contribution in [-0.4, -0.2) is 28.9 Å². The normalized spacial score (nSPS) is 24.4. The zero-order valence-electron chi connectivity index (χ0n) is 15.0. The van der Waals surface area contributed by atoms with Gasteiger partial charge < -0.3 is 10.4 Å². The van der Waals surface area contributed by atoms with Gasteiger partial charge in [-0.15, -0.1) is 0 Å². The average Bonchev–Trinajstić information content (AvgIpc) is 2.50. The van der Waals surface area contributed by atoms with Crippen LogP contribution in [0.4, 0.5) is 0 Å². The lowest BCUT2D eigenvalue weighted by Gasteiger charge is -2.32. The van der Waals surface area contributed by atoms with E-state index in [4.69, 9.17) is 0 Å². The molecule has 4 heteroatoms. The van der Waals surface area contributed by atoms with Crippen molar-refractivity contribution in [3.63, 3.8) is 0 Å². The molecule has 0 heterocycles. The number of aliphatic hydroxyl groups is 1. The first-order chi connectivity index (χ1) is 11.0. The summed E-state index contributed by atoms with van der Waals surface area (Å²) in [6.07, 6.45) is 10.8. The first-order valence-corrected chi connectivity index (χ1v) is 9.52. The molecule has 2 N–H and O–H groups in total. The van der Waals surface area contributed by atoms with E-state index in [0.717, 1.165) is 32.1 Å². The van der Waals surface area contributed by atoms with Gasteiger partial charge >= 0.3 is 0 Å². The van der Waals surface area contributed by atoms with E-state index in [1.807, 2.05) is 0 Å². The molecule has 0 aromatic heterocycles. The number of rotatable bonds is 11. The number of carbonyl (C=O) groups is 2. The van der Waals surface area contributed by atoms with Crippen LogP contribution in [0.2, 0.25) is 0 Å². The van der Waals surface area contributed by atoms with Crippen LogP contribution in [-0.2, 0) is 9.59 Å². The topological polar surface area (TPSA) is 66.4 Å². The van der Waals surface area contributed by atoms with E-state index in [9.17, 15) is 14.7 Å². The van der Waals surface area contributed by atoms with Crippen LogP contribution in [0.3, 0.4) is 0 Å². The lowest BCUT2D eigenvalue weighted by atomic mass is 9.85. The fourth-order valence-electron chi connectivity index (χ4n) is 3.32. The molecule has 0 aliphatic heterocycles. The van der Waals surface area contributed by atoms with Gasteiger partial charge in [-0.25, -0.2) is 0 Å². The quantitative estimate of drug-likeness (QED) is 0.449. The first-order valence-electron chi connectivity index (χ1n) is 9.52. The maximum atomic E-state index is 11.9. The zero-order valence-corrected chi connectivity index (χ0v) is 15.0. The van der Waals surface area contributed by atoms with Gasteiger partial charge in [0.25, 0.3) is 0 Å². The standard InChI is InChI=1S/C19H35NO3/c1-3-4-5-6-7-8-9-10-16(21)14-19(23)20-17-13-15(2)11-12-18(17)22/h15,17-18,22H,3-14H2,1-2H3,(H,20,23)/t15?,17-,18-/m0/s1. The van der Waals surface area contributed by atoms with Crippen molar-refractivity contribution >= 4 is 11.7 Å². The van der Waals surface area contributed by atoms with Crippen molar-refractivity contribution in [2.45, 2.75) is 103 Å². The maximum Gasteiger partial charge on any atom is 0.227 e. The van der Waals surface area contributed by atoms with Crippen molar-refractivity contribution in [2.24, 2.45) is 5.92 Å². The number of hydrogen-bond donors (Lipinski definition) is 2. The smallest absolute Gasteiger partial charge is 0.227 e. The first kappa shape index (κ1) is 20.1. The molecule has 0 saturated heterocycles. The third kappa shape index (κ3) is 9.09. The van der Waals surface area contributed by atoms with Gasteiger partial charge in [0.1, 0.15) is 5.78 Å². The molecular weight excluding hydrogens is 290 g/mol. The summed E-state index contributed by atoms with van der Waals surface area (Å²) in [5, 5.41) is 12.8. The minimum absolute atomic E-state index is 0.0226. The van der Waals surface area contributed by atoms with Gasteiger partial charge in [0.05, 0.1) is 18.6 Å². The van der Waals surface area contributed by atoms with Crippen molar-refractivity contribution in [2.75, 3.05) is 0 Å². The van der Waals surface area contributed by atoms with Crippen LogP contribution in [0, 0.1) is 5.92 Å². The number of nitrogens with one attached hydrogen (secondary N) is 1. The second-order valence-electron chi connectivity index (χ2n) is 7.25. The molecule has 4 nitrogen and oxygen atoms in total. The second kappa shape index (κ2) is 11.6. The maximum absolute atomic E-state index is 11.9. The monoisotopic (exact) mass is 325 g/mol. The number of unbranched alkanes of at least 4 members (excludes halogenated alkanes) is 6. The summed E-state index contributed by atoms with van der Waals surface area (Å²) in [5.41, 5.74) is 0. The molecule has 3 atom stereocenters. The van der Waals surface area contributed by atoms with E-state index in [1.54, 1.807) is 0 Å². The summed E-state index contributed by atoms with van der Waals surface area (Å²) in [5.74, 6) is 0.317. The highest BCUT2D eigenvalue weighted by Crippen LogP contribution is 2.24. The van der Waals surface area contributed by atoms with Gasteiger partial charge in [0.15, 0.2) is 0 Å². The highest BCUT2D eigenvalue weighted by atomic mass is 16.3. The Kier molecular flexibility index (Phi) is 10.2. The number of amides is 1. The Balaban J connectivity index is 2.10. The minimum Gasteiger partial charge on any atom is -0.391 e. The highest BCUT2D eigenvalue weighted by molar-refractivity contribution is 5.98. The summed E-state index contributed by atoms with van der Waals surface area (Å²) in [4.78, 5) is 23.8. The summed E-state index contributed by atoms with van der Waals surface area (Å²) >= 11 is 0. The van der Waals surface area contributed by atoms with E-state index >= 15 is 0 Å². The zero-order chi connectivity index (χ0) is 17.1. The molecule has 1 unspecified atom stereocenters. The summed E-state index contributed by atoms with van der Waals surface area (Å²) < 4.78 is 0. The van der Waals surface area contributed by atoms with E-state index < -0.39 is 6.10 Å². The molecule has 0 radical (unpaired) electrons. The van der Waals surface area contributed by atoms with Crippen molar-refractivity contribution < 1.29 is 14.7 Å². The predicted octanol–water partition coefficient (Wildman–Crippen LogP) is 3.75. The van der Waals surface area contributed by atoms with E-state index in [1.165, 1.54) is 32.1 Å². The van der Waals surface area contributed by atoms with E-state index in [2.05, 4.69) is 19.2 Å². The Bertz CT molecular complexity index is 357. The molecule has 0 aromatic carbocycles. The number of hydrogen-bond acceptors (Lipinski definition) is 3. The third-order valence-corrected chi connectivity index (χ3v) is 4.84. The number of aliphatic hydroxyl groups excluding tert-OH is 1. The van der Waals surface area contributed by atoms with E-state index in [-0.39, 0.29) is 24.2 Å². The lowest BCUT2D eigenvalue weighted by Crippen LogP contribution is -2.47. The van der Waals surface area contributed by atoms with Crippen LogP contribution in [0.25, 0.3) is 0 Å². The molecule has 1 aliphatic rings. The second-order valence-corrected chi connectivity index (χ2v) is 7.25. The fourth-order valence-corrected chi connectivity index (χ4v) is 3.32. The van der Waals surface area contributed by atoms with Gasteiger partial charge in [-0.3, -0.25) is 9.59 Å². The molecule has 0 aromatic rings. The number of ketones is 1. The van der Waals surface area contributed by atoms with Crippen molar-refractivity contribution in [3.05, 3.63) is 0 Å². The Morgan fingerprint density at radius 2 is 1.70 bits per heavy atom. The lowest BCUT2D eigenvalue weighted by molar-refractivity contribution is -0.129. The molecule has 1 rings (SSSR count). The Morgan fingerprint density at radius 3 is 2.39 bits per heavy atom. The predicted molar refractivity (Wildman–Crippen MR) is 93.2 cm³/mol. The van der Waals surface area contributed by atoms with Crippen LogP contribution in [0.15, 0.2) is 0 Å². The van der Waals surface area contributed by atoms with Gasteiger partial charge in [-0.2, -0.15) is 0 Å². The van der Waals surface area contributed by atoms with Crippen LogP contribution >= 0.6 is 0 Å². The van der Waals surface area contributed by atoms with Gasteiger partial charge in [0, 0.05) is 6.42 Å². The van der Waals surface area contributed by atoms with Crippen LogP contribution < -0.4 is 5.32 Å². The fraction of sp³-hybridized carbons (Fsp3) is 0.895. The van der Waals surface area contributed by atoms with Crippen molar-refractivity contribution in [3.8, 4) is 0 Å². The molecule has 1 fully saturated rings. The Morgan fingerprint density at radius 1 is 1.04 bits per heavy atom. The largest absolute Gasteiger partial charge is 0.391 e. The molecule has 1 amide bonds.